The van der Waals surface area contributed by atoms with Crippen molar-refractivity contribution >= 4 is 51.2 Å². The molecule has 0 spiro atoms. The molecule has 1 N–H and O–H groups in total. The summed E-state index contributed by atoms with van der Waals surface area (Å²) in [7, 11) is 1.54. The van der Waals surface area contributed by atoms with E-state index >= 15 is 0 Å². The zero-order chi connectivity index (χ0) is 22.7. The minimum absolute atomic E-state index is 0.153. The van der Waals surface area contributed by atoms with E-state index in [2.05, 4.69) is 21.2 Å². The number of carbonyl (C=O) groups is 2. The third-order valence-electron chi connectivity index (χ3n) is 4.75. The molecule has 0 atom stereocenters. The number of hydrogen-bond donors (Lipinski definition) is 1. The molecule has 3 aromatic rings. The van der Waals surface area contributed by atoms with E-state index in [1.54, 1.807) is 55.7 Å². The molecule has 1 fully saturated rings. The van der Waals surface area contributed by atoms with E-state index in [1.807, 2.05) is 24.3 Å². The number of hydrogen-bond acceptors (Lipinski definition) is 4. The standard InChI is InChI=1S/C24H18BrClN2O4/c1-31-22-12-16(7-10-21(22)32-14-15-5-8-17(25)9-6-15)11-20-23(29)28(24(30)27-20)19-4-2-3-18(26)13-19/h2-13H,14H2,1H3,(H,27,30)/b20-11+. The van der Waals surface area contributed by atoms with Gasteiger partial charge >= 0.3 is 6.03 Å². The number of amides is 3. The van der Waals surface area contributed by atoms with Gasteiger partial charge in [-0.05, 0) is 59.7 Å². The Morgan fingerprint density at radius 3 is 2.53 bits per heavy atom. The Hall–Kier alpha value is -3.29. The SMILES string of the molecule is COc1cc(/C=C2/NC(=O)N(c3cccc(Cl)c3)C2=O)ccc1OCc1ccc(Br)cc1. The second-order valence-electron chi connectivity index (χ2n) is 6.93. The van der Waals surface area contributed by atoms with E-state index in [-0.39, 0.29) is 5.70 Å². The van der Waals surface area contributed by atoms with Crippen LogP contribution in [0.1, 0.15) is 11.1 Å². The molecule has 1 aliphatic rings. The highest BCUT2D eigenvalue weighted by molar-refractivity contribution is 9.10. The quantitative estimate of drug-likeness (QED) is 0.335. The molecule has 0 aromatic heterocycles. The van der Waals surface area contributed by atoms with Gasteiger partial charge in [-0.25, -0.2) is 9.69 Å². The molecule has 162 valence electrons. The summed E-state index contributed by atoms with van der Waals surface area (Å²) in [5.74, 6) is 0.617. The maximum Gasteiger partial charge on any atom is 0.333 e. The fraction of sp³-hybridized carbons (Fsp3) is 0.0833. The Morgan fingerprint density at radius 2 is 1.81 bits per heavy atom. The number of carbonyl (C=O) groups excluding carboxylic acids is 2. The van der Waals surface area contributed by atoms with Gasteiger partial charge in [-0.3, -0.25) is 4.79 Å². The van der Waals surface area contributed by atoms with Gasteiger partial charge in [0.05, 0.1) is 12.8 Å². The lowest BCUT2D eigenvalue weighted by Gasteiger charge is -2.12. The zero-order valence-electron chi connectivity index (χ0n) is 17.0. The Morgan fingerprint density at radius 1 is 1.03 bits per heavy atom. The van der Waals surface area contributed by atoms with Gasteiger partial charge in [0.15, 0.2) is 11.5 Å². The summed E-state index contributed by atoms with van der Waals surface area (Å²) >= 11 is 9.40. The number of nitrogens with zero attached hydrogens (tertiary/aromatic N) is 1. The van der Waals surface area contributed by atoms with Gasteiger partial charge < -0.3 is 14.8 Å². The molecular weight excluding hydrogens is 496 g/mol. The summed E-state index contributed by atoms with van der Waals surface area (Å²) in [5, 5.41) is 3.04. The Bertz CT molecular complexity index is 1210. The fourth-order valence-electron chi connectivity index (χ4n) is 3.19. The molecule has 1 saturated heterocycles. The van der Waals surface area contributed by atoms with Crippen LogP contribution >= 0.6 is 27.5 Å². The lowest BCUT2D eigenvalue weighted by molar-refractivity contribution is -0.113. The molecule has 6 nitrogen and oxygen atoms in total. The van der Waals surface area contributed by atoms with Gasteiger partial charge in [0, 0.05) is 9.50 Å². The van der Waals surface area contributed by atoms with Crippen molar-refractivity contribution in [1.29, 1.82) is 0 Å². The number of nitrogens with one attached hydrogen (secondary N) is 1. The molecule has 0 saturated carbocycles. The number of anilines is 1. The first-order valence-corrected chi connectivity index (χ1v) is 10.8. The van der Waals surface area contributed by atoms with Gasteiger partial charge in [0.2, 0.25) is 0 Å². The fourth-order valence-corrected chi connectivity index (χ4v) is 3.64. The zero-order valence-corrected chi connectivity index (χ0v) is 19.3. The molecule has 0 unspecified atom stereocenters. The third-order valence-corrected chi connectivity index (χ3v) is 5.51. The van der Waals surface area contributed by atoms with Crippen molar-refractivity contribution in [2.75, 3.05) is 12.0 Å². The van der Waals surface area contributed by atoms with Crippen LogP contribution in [0.2, 0.25) is 5.02 Å². The average molecular weight is 514 g/mol. The maximum atomic E-state index is 12.8. The molecule has 32 heavy (non-hydrogen) atoms. The second kappa shape index (κ2) is 9.46. The third kappa shape index (κ3) is 4.79. The number of ether oxygens (including phenoxy) is 2. The van der Waals surface area contributed by atoms with Crippen molar-refractivity contribution < 1.29 is 19.1 Å². The van der Waals surface area contributed by atoms with E-state index in [0.717, 1.165) is 14.9 Å². The summed E-state index contributed by atoms with van der Waals surface area (Å²) in [6.07, 6.45) is 1.59. The number of urea groups is 1. The number of methoxy groups -OCH3 is 1. The van der Waals surface area contributed by atoms with Crippen molar-refractivity contribution in [2.45, 2.75) is 6.61 Å². The number of halogens is 2. The minimum Gasteiger partial charge on any atom is -0.493 e. The van der Waals surface area contributed by atoms with Crippen LogP contribution in [0.3, 0.4) is 0 Å². The van der Waals surface area contributed by atoms with Crippen molar-refractivity contribution in [3.63, 3.8) is 0 Å². The van der Waals surface area contributed by atoms with Gasteiger partial charge in [-0.2, -0.15) is 0 Å². The highest BCUT2D eigenvalue weighted by Crippen LogP contribution is 2.31. The largest absolute Gasteiger partial charge is 0.493 e. The molecule has 3 amide bonds. The topological polar surface area (TPSA) is 67.9 Å². The van der Waals surface area contributed by atoms with Crippen LogP contribution in [0.25, 0.3) is 6.08 Å². The summed E-state index contributed by atoms with van der Waals surface area (Å²) in [4.78, 5) is 26.2. The van der Waals surface area contributed by atoms with Crippen LogP contribution in [0.4, 0.5) is 10.5 Å². The van der Waals surface area contributed by atoms with E-state index in [4.69, 9.17) is 21.1 Å². The smallest absolute Gasteiger partial charge is 0.333 e. The normalized spacial score (nSPS) is 14.6. The number of rotatable bonds is 6. The van der Waals surface area contributed by atoms with Crippen LogP contribution in [0.5, 0.6) is 11.5 Å². The average Bonchev–Trinajstić information content (AvgIpc) is 3.06. The van der Waals surface area contributed by atoms with E-state index < -0.39 is 11.9 Å². The minimum atomic E-state index is -0.537. The molecular formula is C24H18BrClN2O4. The van der Waals surface area contributed by atoms with Crippen LogP contribution in [-0.2, 0) is 11.4 Å². The number of benzene rings is 3. The van der Waals surface area contributed by atoms with Crippen LogP contribution < -0.4 is 19.7 Å². The lowest BCUT2D eigenvalue weighted by atomic mass is 10.1. The van der Waals surface area contributed by atoms with Gasteiger partial charge in [0.25, 0.3) is 5.91 Å². The first-order valence-electron chi connectivity index (χ1n) is 9.62. The van der Waals surface area contributed by atoms with Gasteiger partial charge in [-0.1, -0.05) is 51.8 Å². The Labute approximate surface area is 198 Å². The summed E-state index contributed by atoms with van der Waals surface area (Å²) in [5.41, 5.74) is 2.24. The summed E-state index contributed by atoms with van der Waals surface area (Å²) in [6, 6.07) is 19.1. The number of imide groups is 1. The van der Waals surface area contributed by atoms with E-state index in [9.17, 15) is 9.59 Å². The molecule has 1 aliphatic heterocycles. The van der Waals surface area contributed by atoms with Crippen LogP contribution in [0.15, 0.2) is 76.9 Å². The monoisotopic (exact) mass is 512 g/mol. The molecule has 8 heteroatoms. The van der Waals surface area contributed by atoms with Crippen molar-refractivity contribution in [3.8, 4) is 11.5 Å². The van der Waals surface area contributed by atoms with Crippen molar-refractivity contribution in [3.05, 3.63) is 93.0 Å². The Balaban J connectivity index is 1.53. The Kier molecular flexibility index (Phi) is 6.48. The van der Waals surface area contributed by atoms with Crippen molar-refractivity contribution in [2.24, 2.45) is 0 Å². The maximum absolute atomic E-state index is 12.8. The molecule has 3 aromatic carbocycles. The van der Waals surface area contributed by atoms with E-state index in [0.29, 0.717) is 34.4 Å². The molecule has 0 bridgehead atoms. The van der Waals surface area contributed by atoms with Gasteiger partial charge in [0.1, 0.15) is 12.3 Å². The van der Waals surface area contributed by atoms with Crippen LogP contribution in [0, 0.1) is 0 Å². The molecule has 1 heterocycles. The predicted molar refractivity (Wildman–Crippen MR) is 127 cm³/mol. The molecule has 0 radical (unpaired) electrons. The predicted octanol–water partition coefficient (Wildman–Crippen LogP) is 5.79. The summed E-state index contributed by atoms with van der Waals surface area (Å²) < 4.78 is 12.3. The summed E-state index contributed by atoms with van der Waals surface area (Å²) in [6.45, 7) is 0.382. The van der Waals surface area contributed by atoms with E-state index in [1.165, 1.54) is 0 Å². The van der Waals surface area contributed by atoms with Crippen molar-refractivity contribution in [1.82, 2.24) is 5.32 Å². The molecule has 0 aliphatic carbocycles. The first kappa shape index (κ1) is 21.9. The second-order valence-corrected chi connectivity index (χ2v) is 8.29. The van der Waals surface area contributed by atoms with Gasteiger partial charge in [-0.15, -0.1) is 0 Å². The molecule has 4 rings (SSSR count). The first-order chi connectivity index (χ1) is 15.4. The lowest BCUT2D eigenvalue weighted by Crippen LogP contribution is -2.30. The highest BCUT2D eigenvalue weighted by Gasteiger charge is 2.34. The highest BCUT2D eigenvalue weighted by atomic mass is 79.9. The van der Waals surface area contributed by atoms with Crippen LogP contribution in [-0.4, -0.2) is 19.0 Å².